The molecule has 0 aliphatic heterocycles. The number of hydrogen-bond acceptors (Lipinski definition) is 4. The molecule has 0 radical (unpaired) electrons. The molecule has 0 aromatic rings. The molecule has 0 bridgehead atoms. The van der Waals surface area contributed by atoms with Crippen molar-refractivity contribution in [1.82, 2.24) is 0 Å². The molecule has 0 aliphatic rings. The van der Waals surface area contributed by atoms with Crippen molar-refractivity contribution in [3.8, 4) is 0 Å². The molecule has 0 saturated carbocycles. The minimum absolute atomic E-state index is 0.752. The monoisotopic (exact) mass is 226 g/mol. The van der Waals surface area contributed by atoms with Crippen LogP contribution in [0.5, 0.6) is 0 Å². The Labute approximate surface area is 87.2 Å². The van der Waals surface area contributed by atoms with Crippen molar-refractivity contribution in [3.05, 3.63) is 0 Å². The molecule has 4 nitrogen and oxygen atoms in total. The fourth-order valence-corrected chi connectivity index (χ4v) is 4.74. The fourth-order valence-electron chi connectivity index (χ4n) is 1.58. The molecule has 14 heavy (non-hydrogen) atoms. The van der Waals surface area contributed by atoms with Crippen LogP contribution in [0.2, 0.25) is 0 Å². The zero-order chi connectivity index (χ0) is 10.9. The van der Waals surface area contributed by atoms with Crippen LogP contribution in [0, 0.1) is 0 Å². The first-order valence-electron chi connectivity index (χ1n) is 4.70. The van der Waals surface area contributed by atoms with Gasteiger partial charge in [0.25, 0.3) is 0 Å². The molecule has 0 heterocycles. The van der Waals surface area contributed by atoms with Crippen LogP contribution in [-0.4, -0.2) is 60.3 Å². The molecular weight excluding hydrogens is 203 g/mol. The molecule has 88 valence electrons. The van der Waals surface area contributed by atoms with E-state index in [2.05, 4.69) is 0 Å². The second-order valence-electron chi connectivity index (χ2n) is 3.54. The molecule has 5 heteroatoms. The van der Waals surface area contributed by atoms with E-state index in [0.717, 1.165) is 31.8 Å². The van der Waals surface area contributed by atoms with Gasteiger partial charge in [-0.3, -0.25) is 0 Å². The fraction of sp³-hybridized carbons (Fsp3) is 1.00. The first-order valence-corrected chi connectivity index (χ1v) is 7.53. The van der Waals surface area contributed by atoms with Gasteiger partial charge in [0.1, 0.15) is 0 Å². The Hall–Kier alpha value is 0.270. The quantitative estimate of drug-likeness (QED) is 0.553. The van der Waals surface area contributed by atoms with E-state index in [1.165, 1.54) is 0 Å². The van der Waals surface area contributed by atoms with Crippen molar-refractivity contribution in [3.63, 3.8) is 0 Å². The molecule has 0 unspecified atom stereocenters. The summed E-state index contributed by atoms with van der Waals surface area (Å²) in [7, 11) is 5.27. The van der Waals surface area contributed by atoms with Gasteiger partial charge in [0.05, 0.1) is 0 Å². The van der Waals surface area contributed by atoms with Gasteiger partial charge < -0.3 is 0 Å². The van der Waals surface area contributed by atoms with Crippen LogP contribution in [0.1, 0.15) is 0 Å². The summed E-state index contributed by atoms with van der Waals surface area (Å²) >= 11 is 0. The van der Waals surface area contributed by atoms with Gasteiger partial charge in [0.15, 0.2) is 0 Å². The van der Waals surface area contributed by atoms with Crippen LogP contribution < -0.4 is 0 Å². The Morgan fingerprint density at radius 3 is 1.43 bits per heavy atom. The van der Waals surface area contributed by atoms with E-state index in [-0.39, 0.29) is 0 Å². The van der Waals surface area contributed by atoms with E-state index in [9.17, 15) is 0 Å². The summed E-state index contributed by atoms with van der Waals surface area (Å²) in [5.41, 5.74) is 0. The second kappa shape index (κ2) is 8.57. The zero-order valence-corrected chi connectivity index (χ0v) is 10.7. The van der Waals surface area contributed by atoms with E-state index in [4.69, 9.17) is 18.9 Å². The summed E-state index contributed by atoms with van der Waals surface area (Å²) in [6.07, 6.45) is 3.30. The summed E-state index contributed by atoms with van der Waals surface area (Å²) in [4.78, 5) is 0. The van der Waals surface area contributed by atoms with Gasteiger partial charge >= 0.3 is 86.5 Å². The Morgan fingerprint density at radius 2 is 1.14 bits per heavy atom. The van der Waals surface area contributed by atoms with Crippen LogP contribution in [0.3, 0.4) is 0 Å². The van der Waals surface area contributed by atoms with Gasteiger partial charge in [-0.2, -0.15) is 0 Å². The van der Waals surface area contributed by atoms with Crippen LogP contribution in [-0.2, 0) is 18.9 Å². The summed E-state index contributed by atoms with van der Waals surface area (Å²) in [5.74, 6) is 0. The number of methoxy groups -OCH3 is 4. The molecule has 0 aromatic heterocycles. The molecule has 0 N–H and O–H groups in total. The third kappa shape index (κ3) is 5.23. The summed E-state index contributed by atoms with van der Waals surface area (Å²) in [6.45, 7) is 0.752. The van der Waals surface area contributed by atoms with Crippen molar-refractivity contribution in [2.45, 2.75) is 0 Å². The molecule has 0 aliphatic carbocycles. The van der Waals surface area contributed by atoms with Gasteiger partial charge in [0.2, 0.25) is 0 Å². The molecule has 0 fully saturated rings. The molecule has 0 saturated heterocycles. The van der Waals surface area contributed by atoms with Crippen molar-refractivity contribution in [2.75, 3.05) is 60.3 Å². The zero-order valence-electron chi connectivity index (χ0n) is 9.67. The number of ether oxygens (including phenoxy) is 4. The molecule has 0 amide bonds. The average Bonchev–Trinajstić information content (AvgIpc) is 2.16. The first-order chi connectivity index (χ1) is 6.74. The van der Waals surface area contributed by atoms with E-state index < -0.39 is 7.26 Å². The van der Waals surface area contributed by atoms with Gasteiger partial charge in [-0.05, 0) is 0 Å². The van der Waals surface area contributed by atoms with Crippen LogP contribution in [0.25, 0.3) is 0 Å². The second-order valence-corrected chi connectivity index (χ2v) is 7.91. The van der Waals surface area contributed by atoms with Crippen LogP contribution >= 0.6 is 7.26 Å². The van der Waals surface area contributed by atoms with Gasteiger partial charge in [-0.15, -0.1) is 0 Å². The van der Waals surface area contributed by atoms with Gasteiger partial charge in [-0.25, -0.2) is 0 Å². The summed E-state index contributed by atoms with van der Waals surface area (Å²) < 4.78 is 20.9. The molecule has 0 atom stereocenters. The standard InChI is InChI=1S/C9H23O4P/c1-10-5-6-14(7-11-2,8-12-3)9-13-4/h14H,5-9H2,1-4H3. The van der Waals surface area contributed by atoms with Crippen molar-refractivity contribution in [2.24, 2.45) is 0 Å². The predicted octanol–water partition coefficient (Wildman–Crippen LogP) is 1.19. The number of rotatable bonds is 9. The third-order valence-corrected chi connectivity index (χ3v) is 6.16. The molecular formula is C9H23O4P. The molecule has 0 spiro atoms. The molecule has 0 rings (SSSR count). The summed E-state index contributed by atoms with van der Waals surface area (Å²) in [5, 5.41) is 0. The van der Waals surface area contributed by atoms with E-state index >= 15 is 0 Å². The minimum atomic E-state index is -1.61. The van der Waals surface area contributed by atoms with E-state index in [1.807, 2.05) is 0 Å². The van der Waals surface area contributed by atoms with Crippen LogP contribution in [0.15, 0.2) is 0 Å². The Bertz CT molecular complexity index is 115. The van der Waals surface area contributed by atoms with Crippen molar-refractivity contribution < 1.29 is 18.9 Å². The van der Waals surface area contributed by atoms with Gasteiger partial charge in [0, 0.05) is 0 Å². The van der Waals surface area contributed by atoms with Crippen molar-refractivity contribution in [1.29, 1.82) is 0 Å². The predicted molar refractivity (Wildman–Crippen MR) is 60.7 cm³/mol. The van der Waals surface area contributed by atoms with E-state index in [0.29, 0.717) is 0 Å². The van der Waals surface area contributed by atoms with Crippen molar-refractivity contribution >= 4 is 7.26 Å². The van der Waals surface area contributed by atoms with Crippen LogP contribution in [0.4, 0.5) is 0 Å². The Balaban J connectivity index is 4.21. The average molecular weight is 226 g/mol. The third-order valence-electron chi connectivity index (χ3n) is 2.19. The Morgan fingerprint density at radius 1 is 0.714 bits per heavy atom. The van der Waals surface area contributed by atoms with E-state index in [1.54, 1.807) is 28.4 Å². The first kappa shape index (κ1) is 14.3. The molecule has 0 aromatic carbocycles. The SMILES string of the molecule is COCC[PH](COC)(COC)COC. The normalized spacial score (nSPS) is 13.1. The Kier molecular flexibility index (Phi) is 8.73. The topological polar surface area (TPSA) is 36.9 Å². The summed E-state index contributed by atoms with van der Waals surface area (Å²) in [6, 6.07) is 0. The maximum absolute atomic E-state index is 5.26. The maximum atomic E-state index is 5.26. The van der Waals surface area contributed by atoms with Gasteiger partial charge in [-0.1, -0.05) is 0 Å². The number of hydrogen-bond donors (Lipinski definition) is 0.